The van der Waals surface area contributed by atoms with Crippen LogP contribution in [0.3, 0.4) is 0 Å². The quantitative estimate of drug-likeness (QED) is 0.907. The molecule has 4 aliphatic carbocycles. The van der Waals surface area contributed by atoms with E-state index in [9.17, 15) is 0 Å². The fourth-order valence-electron chi connectivity index (χ4n) is 5.27. The van der Waals surface area contributed by atoms with Gasteiger partial charge in [-0.3, -0.25) is 0 Å². The van der Waals surface area contributed by atoms with Crippen LogP contribution in [0.25, 0.3) is 0 Å². The van der Waals surface area contributed by atoms with Gasteiger partial charge >= 0.3 is 0 Å². The highest BCUT2D eigenvalue weighted by Crippen LogP contribution is 2.58. The third-order valence-corrected chi connectivity index (χ3v) is 6.00. The first kappa shape index (κ1) is 12.0. The number of nitrogens with zero attached hydrogens (tertiary/aromatic N) is 2. The number of nitrogens with two attached hydrogens (primary N) is 1. The van der Waals surface area contributed by atoms with Crippen LogP contribution in [-0.2, 0) is 0 Å². The van der Waals surface area contributed by atoms with Crippen molar-refractivity contribution in [1.82, 2.24) is 9.55 Å². The van der Waals surface area contributed by atoms with Gasteiger partial charge in [-0.25, -0.2) is 4.98 Å². The third kappa shape index (κ3) is 1.85. The second kappa shape index (κ2) is 4.34. The summed E-state index contributed by atoms with van der Waals surface area (Å²) in [7, 11) is 0. The number of aromatic nitrogens is 2. The van der Waals surface area contributed by atoms with Gasteiger partial charge in [-0.1, -0.05) is 6.92 Å². The Morgan fingerprint density at radius 2 is 1.84 bits per heavy atom. The van der Waals surface area contributed by atoms with Crippen molar-refractivity contribution in [1.29, 1.82) is 0 Å². The monoisotopic (exact) mass is 259 g/mol. The van der Waals surface area contributed by atoms with E-state index in [1.54, 1.807) is 0 Å². The zero-order valence-electron chi connectivity index (χ0n) is 11.8. The Labute approximate surface area is 115 Å². The molecule has 0 aliphatic heterocycles. The van der Waals surface area contributed by atoms with Gasteiger partial charge in [0.1, 0.15) is 0 Å². The molecule has 4 bridgehead atoms. The molecule has 4 aliphatic rings. The lowest BCUT2D eigenvalue weighted by molar-refractivity contribution is -0.0291. The highest BCUT2D eigenvalue weighted by atomic mass is 15.1. The van der Waals surface area contributed by atoms with E-state index < -0.39 is 0 Å². The summed E-state index contributed by atoms with van der Waals surface area (Å²) in [5.41, 5.74) is 6.94. The van der Waals surface area contributed by atoms with Gasteiger partial charge in [-0.15, -0.1) is 0 Å². The topological polar surface area (TPSA) is 43.8 Å². The van der Waals surface area contributed by atoms with Crippen LogP contribution in [0.2, 0.25) is 0 Å². The van der Waals surface area contributed by atoms with E-state index in [1.807, 2.05) is 0 Å². The lowest BCUT2D eigenvalue weighted by atomic mass is 9.54. The van der Waals surface area contributed by atoms with Crippen molar-refractivity contribution in [3.05, 3.63) is 18.2 Å². The van der Waals surface area contributed by atoms with Crippen LogP contribution in [0.1, 0.15) is 56.7 Å². The van der Waals surface area contributed by atoms with Crippen molar-refractivity contribution in [2.45, 2.75) is 51.0 Å². The summed E-state index contributed by atoms with van der Waals surface area (Å²) in [6, 6.07) is 0.735. The maximum atomic E-state index is 5.76. The first-order valence-corrected chi connectivity index (χ1v) is 7.98. The van der Waals surface area contributed by atoms with Gasteiger partial charge in [0, 0.05) is 24.7 Å². The van der Waals surface area contributed by atoms with E-state index in [0.29, 0.717) is 12.5 Å². The van der Waals surface area contributed by atoms with Gasteiger partial charge in [0.2, 0.25) is 0 Å². The molecule has 19 heavy (non-hydrogen) atoms. The van der Waals surface area contributed by atoms with Gasteiger partial charge in [0.25, 0.3) is 0 Å². The van der Waals surface area contributed by atoms with Crippen molar-refractivity contribution < 1.29 is 0 Å². The number of hydrogen-bond acceptors (Lipinski definition) is 2. The lowest BCUT2D eigenvalue weighted by Crippen LogP contribution is -2.45. The highest BCUT2D eigenvalue weighted by molar-refractivity contribution is 5.08. The summed E-state index contributed by atoms with van der Waals surface area (Å²) in [6.07, 6.45) is 11.8. The van der Waals surface area contributed by atoms with E-state index in [1.165, 1.54) is 37.8 Å². The Bertz CT molecular complexity index is 436. The summed E-state index contributed by atoms with van der Waals surface area (Å²) in [5, 5.41) is 0. The Morgan fingerprint density at radius 3 is 2.42 bits per heavy atom. The van der Waals surface area contributed by atoms with Gasteiger partial charge < -0.3 is 10.3 Å². The standard InChI is InChI=1S/C16H25N3/c1-10(7-17)15-8-19(9-18-15)16-13-3-11-2-12(5-13)6-14(16)4-11/h8-14,16H,2-7,17H2,1H3. The van der Waals surface area contributed by atoms with Crippen LogP contribution >= 0.6 is 0 Å². The van der Waals surface area contributed by atoms with Crippen molar-refractivity contribution in [3.63, 3.8) is 0 Å². The molecule has 5 rings (SSSR count). The SMILES string of the molecule is CC(CN)c1cn(C2C3CC4CC(C3)CC2C4)cn1. The van der Waals surface area contributed by atoms with Crippen LogP contribution in [0.15, 0.2) is 12.5 Å². The zero-order chi connectivity index (χ0) is 13.0. The van der Waals surface area contributed by atoms with E-state index in [4.69, 9.17) is 5.73 Å². The molecule has 4 saturated carbocycles. The molecule has 0 aromatic carbocycles. The molecule has 104 valence electrons. The predicted octanol–water partition coefficient (Wildman–Crippen LogP) is 2.94. The van der Waals surface area contributed by atoms with Crippen LogP contribution < -0.4 is 5.73 Å². The minimum absolute atomic E-state index is 0.387. The second-order valence-corrected chi connectivity index (χ2v) is 7.30. The predicted molar refractivity (Wildman–Crippen MR) is 75.8 cm³/mol. The minimum Gasteiger partial charge on any atom is -0.334 e. The molecule has 1 atom stereocenters. The van der Waals surface area contributed by atoms with E-state index >= 15 is 0 Å². The lowest BCUT2D eigenvalue weighted by Gasteiger charge is -2.54. The van der Waals surface area contributed by atoms with Gasteiger partial charge in [0.05, 0.1) is 12.0 Å². The highest BCUT2D eigenvalue weighted by Gasteiger charge is 2.48. The van der Waals surface area contributed by atoms with Crippen LogP contribution in [0.4, 0.5) is 0 Å². The first-order chi connectivity index (χ1) is 9.24. The Morgan fingerprint density at radius 1 is 1.21 bits per heavy atom. The van der Waals surface area contributed by atoms with E-state index in [2.05, 4.69) is 29.0 Å². The normalized spacial score (nSPS) is 41.7. The Hall–Kier alpha value is -0.830. The summed E-state index contributed by atoms with van der Waals surface area (Å²) >= 11 is 0. The Balaban J connectivity index is 1.60. The van der Waals surface area contributed by atoms with Crippen molar-refractivity contribution >= 4 is 0 Å². The average Bonchev–Trinajstić information content (AvgIpc) is 2.86. The molecule has 0 radical (unpaired) electrons. The summed E-state index contributed by atoms with van der Waals surface area (Å²) in [4.78, 5) is 4.60. The number of imidazole rings is 1. The molecule has 2 N–H and O–H groups in total. The molecule has 1 aromatic heterocycles. The number of rotatable bonds is 3. The van der Waals surface area contributed by atoms with Crippen molar-refractivity contribution in [2.24, 2.45) is 29.4 Å². The van der Waals surface area contributed by atoms with Crippen LogP contribution in [-0.4, -0.2) is 16.1 Å². The van der Waals surface area contributed by atoms with Crippen molar-refractivity contribution in [2.75, 3.05) is 6.54 Å². The third-order valence-electron chi connectivity index (χ3n) is 6.00. The zero-order valence-corrected chi connectivity index (χ0v) is 11.8. The summed E-state index contributed by atoms with van der Waals surface area (Å²) in [5.74, 6) is 4.32. The fourth-order valence-corrected chi connectivity index (χ4v) is 5.27. The van der Waals surface area contributed by atoms with Gasteiger partial charge in [-0.05, 0) is 55.8 Å². The summed E-state index contributed by atoms with van der Waals surface area (Å²) in [6.45, 7) is 2.86. The maximum absolute atomic E-state index is 5.76. The molecule has 1 heterocycles. The summed E-state index contributed by atoms with van der Waals surface area (Å²) < 4.78 is 2.44. The maximum Gasteiger partial charge on any atom is 0.0952 e. The first-order valence-electron chi connectivity index (χ1n) is 7.98. The second-order valence-electron chi connectivity index (χ2n) is 7.30. The molecular formula is C16H25N3. The largest absolute Gasteiger partial charge is 0.334 e. The molecule has 4 fully saturated rings. The average molecular weight is 259 g/mol. The molecule has 0 amide bonds. The molecule has 0 saturated heterocycles. The van der Waals surface area contributed by atoms with Gasteiger partial charge in [0.15, 0.2) is 0 Å². The molecule has 1 aromatic rings. The van der Waals surface area contributed by atoms with E-state index in [0.717, 1.165) is 29.7 Å². The van der Waals surface area contributed by atoms with Gasteiger partial charge in [-0.2, -0.15) is 0 Å². The molecule has 3 heteroatoms. The smallest absolute Gasteiger partial charge is 0.0952 e. The van der Waals surface area contributed by atoms with E-state index in [-0.39, 0.29) is 0 Å². The minimum atomic E-state index is 0.387. The molecule has 0 spiro atoms. The molecule has 1 unspecified atom stereocenters. The molecular weight excluding hydrogens is 234 g/mol. The van der Waals surface area contributed by atoms with Crippen molar-refractivity contribution in [3.8, 4) is 0 Å². The van der Waals surface area contributed by atoms with Crippen LogP contribution in [0, 0.1) is 23.7 Å². The Kier molecular flexibility index (Phi) is 2.73. The number of hydrogen-bond donors (Lipinski definition) is 1. The van der Waals surface area contributed by atoms with Crippen LogP contribution in [0.5, 0.6) is 0 Å². The molecule has 3 nitrogen and oxygen atoms in total. The fraction of sp³-hybridized carbons (Fsp3) is 0.812.